The third-order valence-electron chi connectivity index (χ3n) is 3.92. The molecule has 7 heteroatoms. The molecule has 2 fully saturated rings. The fourth-order valence-corrected chi connectivity index (χ4v) is 4.59. The average Bonchev–Trinajstić information content (AvgIpc) is 3.32. The first kappa shape index (κ1) is 15.0. The zero-order valence-electron chi connectivity index (χ0n) is 11.5. The van der Waals surface area contributed by atoms with Crippen LogP contribution in [0.1, 0.15) is 23.2 Å². The molecule has 1 aliphatic heterocycles. The minimum atomic E-state index is -3.12. The first-order chi connectivity index (χ1) is 9.98. The summed E-state index contributed by atoms with van der Waals surface area (Å²) in [5.74, 6) is -0.0361. The van der Waals surface area contributed by atoms with Crippen molar-refractivity contribution < 1.29 is 13.2 Å². The quantitative estimate of drug-likeness (QED) is 0.811. The smallest absolute Gasteiger partial charge is 0.253 e. The van der Waals surface area contributed by atoms with Gasteiger partial charge in [-0.15, -0.1) is 0 Å². The van der Waals surface area contributed by atoms with E-state index in [0.717, 1.165) is 17.3 Å². The Morgan fingerprint density at radius 2 is 1.62 bits per heavy atom. The predicted molar refractivity (Wildman–Crippen MR) is 83.6 cm³/mol. The highest BCUT2D eigenvalue weighted by Gasteiger charge is 2.41. The van der Waals surface area contributed by atoms with Crippen molar-refractivity contribution in [1.82, 2.24) is 9.21 Å². The fraction of sp³-hybridized carbons (Fsp3) is 0.500. The third kappa shape index (κ3) is 3.14. The Morgan fingerprint density at radius 1 is 1.05 bits per heavy atom. The van der Waals surface area contributed by atoms with Gasteiger partial charge in [-0.2, -0.15) is 4.31 Å². The molecule has 0 unspecified atom stereocenters. The molecule has 0 bridgehead atoms. The first-order valence-corrected chi connectivity index (χ1v) is 9.32. The van der Waals surface area contributed by atoms with Gasteiger partial charge in [0.2, 0.25) is 10.0 Å². The van der Waals surface area contributed by atoms with E-state index >= 15 is 0 Å². The number of halogens is 1. The van der Waals surface area contributed by atoms with Crippen molar-refractivity contribution in [3.63, 3.8) is 0 Å². The van der Waals surface area contributed by atoms with Crippen LogP contribution >= 0.6 is 15.9 Å². The number of nitrogens with zero attached hydrogens (tertiary/aromatic N) is 2. The van der Waals surface area contributed by atoms with Crippen LogP contribution < -0.4 is 0 Å². The molecule has 5 nitrogen and oxygen atoms in total. The molecule has 1 aromatic carbocycles. The number of hydrogen-bond acceptors (Lipinski definition) is 3. The Hall–Kier alpha value is -0.920. The lowest BCUT2D eigenvalue weighted by Crippen LogP contribution is -2.51. The van der Waals surface area contributed by atoms with Gasteiger partial charge in [-0.3, -0.25) is 4.79 Å². The van der Waals surface area contributed by atoms with Crippen LogP contribution in [0.25, 0.3) is 0 Å². The van der Waals surface area contributed by atoms with E-state index in [4.69, 9.17) is 0 Å². The van der Waals surface area contributed by atoms with Crippen molar-refractivity contribution in [2.24, 2.45) is 0 Å². The number of carbonyl (C=O) groups is 1. The summed E-state index contributed by atoms with van der Waals surface area (Å²) < 4.78 is 26.8. The molecule has 0 radical (unpaired) electrons. The molecule has 0 N–H and O–H groups in total. The maximum Gasteiger partial charge on any atom is 0.253 e. The second-order valence-electron chi connectivity index (χ2n) is 5.44. The molecule has 2 aliphatic rings. The molecule has 1 heterocycles. The molecule has 1 aromatic rings. The van der Waals surface area contributed by atoms with E-state index in [1.165, 1.54) is 4.31 Å². The third-order valence-corrected chi connectivity index (χ3v) is 6.85. The molecule has 114 valence electrons. The highest BCUT2D eigenvalue weighted by Crippen LogP contribution is 2.31. The average molecular weight is 373 g/mol. The molecule has 0 spiro atoms. The summed E-state index contributed by atoms with van der Waals surface area (Å²) in [6.07, 6.45) is 1.56. The summed E-state index contributed by atoms with van der Waals surface area (Å²) in [6.45, 7) is 1.73. The Bertz CT molecular complexity index is 633. The maximum atomic E-state index is 12.4. The number of sulfonamides is 1. The number of piperazine rings is 1. The Morgan fingerprint density at radius 3 is 2.14 bits per heavy atom. The van der Waals surface area contributed by atoms with Gasteiger partial charge in [-0.05, 0) is 37.1 Å². The van der Waals surface area contributed by atoms with Crippen LogP contribution in [0.4, 0.5) is 0 Å². The van der Waals surface area contributed by atoms with Gasteiger partial charge in [0.25, 0.3) is 5.91 Å². The lowest BCUT2D eigenvalue weighted by molar-refractivity contribution is 0.0698. The van der Waals surface area contributed by atoms with Crippen LogP contribution in [-0.4, -0.2) is 55.0 Å². The summed E-state index contributed by atoms with van der Waals surface area (Å²) >= 11 is 3.34. The minimum absolute atomic E-state index is 0.0361. The Labute approximate surface area is 133 Å². The molecular weight excluding hydrogens is 356 g/mol. The predicted octanol–water partition coefficient (Wildman–Crippen LogP) is 1.70. The lowest BCUT2D eigenvalue weighted by Gasteiger charge is -2.34. The van der Waals surface area contributed by atoms with Crippen molar-refractivity contribution in [3.05, 3.63) is 34.3 Å². The largest absolute Gasteiger partial charge is 0.336 e. The lowest BCUT2D eigenvalue weighted by atomic mass is 10.2. The van der Waals surface area contributed by atoms with Crippen LogP contribution in [0.3, 0.4) is 0 Å². The van der Waals surface area contributed by atoms with Gasteiger partial charge in [0, 0.05) is 36.2 Å². The molecular formula is C14H17BrN2O3S. The highest BCUT2D eigenvalue weighted by molar-refractivity contribution is 9.10. The monoisotopic (exact) mass is 372 g/mol. The van der Waals surface area contributed by atoms with Gasteiger partial charge in [-0.1, -0.05) is 15.9 Å². The van der Waals surface area contributed by atoms with Crippen molar-refractivity contribution in [2.75, 3.05) is 26.2 Å². The Balaban J connectivity index is 1.63. The van der Waals surface area contributed by atoms with Gasteiger partial charge < -0.3 is 4.90 Å². The standard InChI is InChI=1S/C14H17BrN2O3S/c15-12-3-1-11(2-4-12)14(18)16-7-9-17(10-8-16)21(19,20)13-5-6-13/h1-4,13H,5-10H2. The van der Waals surface area contributed by atoms with E-state index in [1.54, 1.807) is 17.0 Å². The first-order valence-electron chi connectivity index (χ1n) is 7.02. The topological polar surface area (TPSA) is 57.7 Å². The number of carbonyl (C=O) groups excluding carboxylic acids is 1. The van der Waals surface area contributed by atoms with E-state index in [1.807, 2.05) is 12.1 Å². The zero-order valence-corrected chi connectivity index (χ0v) is 13.9. The molecule has 0 atom stereocenters. The van der Waals surface area contributed by atoms with Gasteiger partial charge in [0.15, 0.2) is 0 Å². The van der Waals surface area contributed by atoms with Crippen LogP contribution in [0.2, 0.25) is 0 Å². The molecule has 1 saturated carbocycles. The summed E-state index contributed by atoms with van der Waals surface area (Å²) in [5.41, 5.74) is 0.636. The number of hydrogen-bond donors (Lipinski definition) is 0. The van der Waals surface area contributed by atoms with E-state index < -0.39 is 10.0 Å². The molecule has 1 amide bonds. The molecule has 21 heavy (non-hydrogen) atoms. The van der Waals surface area contributed by atoms with Crippen LogP contribution in [0.5, 0.6) is 0 Å². The minimum Gasteiger partial charge on any atom is -0.336 e. The second kappa shape index (κ2) is 5.70. The summed E-state index contributed by atoms with van der Waals surface area (Å²) in [6, 6.07) is 7.22. The van der Waals surface area contributed by atoms with Crippen LogP contribution in [-0.2, 0) is 10.0 Å². The summed E-state index contributed by atoms with van der Waals surface area (Å²) in [5, 5.41) is -0.175. The van der Waals surface area contributed by atoms with Crippen LogP contribution in [0, 0.1) is 0 Å². The normalized spacial score (nSPS) is 20.5. The molecule has 3 rings (SSSR count). The highest BCUT2D eigenvalue weighted by atomic mass is 79.9. The number of benzene rings is 1. The number of amides is 1. The van der Waals surface area contributed by atoms with Gasteiger partial charge in [0.05, 0.1) is 5.25 Å². The van der Waals surface area contributed by atoms with E-state index in [9.17, 15) is 13.2 Å². The zero-order chi connectivity index (χ0) is 15.0. The Kier molecular flexibility index (Phi) is 4.07. The fourth-order valence-electron chi connectivity index (χ4n) is 2.50. The van der Waals surface area contributed by atoms with Crippen molar-refractivity contribution in [2.45, 2.75) is 18.1 Å². The van der Waals surface area contributed by atoms with Crippen LogP contribution in [0.15, 0.2) is 28.7 Å². The van der Waals surface area contributed by atoms with Gasteiger partial charge in [0.1, 0.15) is 0 Å². The number of rotatable bonds is 3. The SMILES string of the molecule is O=C(c1ccc(Br)cc1)N1CCN(S(=O)(=O)C2CC2)CC1. The van der Waals surface area contributed by atoms with Gasteiger partial charge >= 0.3 is 0 Å². The van der Waals surface area contributed by atoms with Crippen molar-refractivity contribution in [3.8, 4) is 0 Å². The second-order valence-corrected chi connectivity index (χ2v) is 8.57. The van der Waals surface area contributed by atoms with E-state index in [2.05, 4.69) is 15.9 Å². The van der Waals surface area contributed by atoms with E-state index in [-0.39, 0.29) is 11.2 Å². The summed E-state index contributed by atoms with van der Waals surface area (Å²) in [4.78, 5) is 14.1. The van der Waals surface area contributed by atoms with Gasteiger partial charge in [-0.25, -0.2) is 8.42 Å². The molecule has 1 saturated heterocycles. The van der Waals surface area contributed by atoms with Crippen molar-refractivity contribution >= 4 is 31.9 Å². The maximum absolute atomic E-state index is 12.4. The van der Waals surface area contributed by atoms with E-state index in [0.29, 0.717) is 31.7 Å². The van der Waals surface area contributed by atoms with Crippen molar-refractivity contribution in [1.29, 1.82) is 0 Å². The summed E-state index contributed by atoms with van der Waals surface area (Å²) in [7, 11) is -3.12. The molecule has 0 aromatic heterocycles. The molecule has 1 aliphatic carbocycles.